The normalized spacial score (nSPS) is 9.56. The first-order valence-electron chi connectivity index (χ1n) is 2.66. The highest BCUT2D eigenvalue weighted by molar-refractivity contribution is 9.08. The van der Waals surface area contributed by atoms with Gasteiger partial charge in [-0.15, -0.1) is 0 Å². The number of nitrogens with zero attached hydrogens (tertiary/aromatic N) is 2. The zero-order chi connectivity index (χ0) is 6.69. The van der Waals surface area contributed by atoms with Crippen molar-refractivity contribution in [2.45, 2.75) is 12.3 Å². The minimum absolute atomic E-state index is 0.779. The van der Waals surface area contributed by atoms with Crippen molar-refractivity contribution in [3.63, 3.8) is 0 Å². The maximum absolute atomic E-state index is 4.18. The lowest BCUT2D eigenvalue weighted by atomic mass is 10.4. The molecule has 2 nitrogen and oxygen atoms in total. The zero-order valence-corrected chi connectivity index (χ0v) is 6.72. The van der Waals surface area contributed by atoms with Crippen LogP contribution >= 0.6 is 15.9 Å². The smallest absolute Gasteiger partial charge is 0.0695 e. The molecule has 0 aromatic carbocycles. The third kappa shape index (κ3) is 1.75. The van der Waals surface area contributed by atoms with Gasteiger partial charge in [-0.05, 0) is 6.92 Å². The van der Waals surface area contributed by atoms with E-state index >= 15 is 0 Å². The third-order valence-corrected chi connectivity index (χ3v) is 1.52. The van der Waals surface area contributed by atoms with Gasteiger partial charge in [-0.3, -0.25) is 9.97 Å². The van der Waals surface area contributed by atoms with Crippen molar-refractivity contribution >= 4 is 15.9 Å². The van der Waals surface area contributed by atoms with Crippen LogP contribution in [0, 0.1) is 6.92 Å². The fourth-order valence-corrected chi connectivity index (χ4v) is 0.850. The Labute approximate surface area is 62.5 Å². The standard InChI is InChI=1S/C6H7BrN2/c1-5-3-8-4-6(2-7)9-5/h3-4H,2H2,1H3. The second kappa shape index (κ2) is 2.92. The average molecular weight is 187 g/mol. The van der Waals surface area contributed by atoms with Crippen LogP contribution in [-0.2, 0) is 5.33 Å². The van der Waals surface area contributed by atoms with Gasteiger partial charge >= 0.3 is 0 Å². The zero-order valence-electron chi connectivity index (χ0n) is 5.13. The molecule has 48 valence electrons. The summed E-state index contributed by atoms with van der Waals surface area (Å²) in [6.07, 6.45) is 3.49. The van der Waals surface area contributed by atoms with E-state index in [0.717, 1.165) is 16.7 Å². The molecule has 0 saturated heterocycles. The molecule has 1 aromatic rings. The van der Waals surface area contributed by atoms with Gasteiger partial charge in [-0.2, -0.15) is 0 Å². The van der Waals surface area contributed by atoms with Crippen LogP contribution in [0.3, 0.4) is 0 Å². The lowest BCUT2D eigenvalue weighted by molar-refractivity contribution is 1.05. The van der Waals surface area contributed by atoms with Gasteiger partial charge in [0.05, 0.1) is 11.4 Å². The quantitative estimate of drug-likeness (QED) is 0.625. The van der Waals surface area contributed by atoms with Crippen molar-refractivity contribution in [3.05, 3.63) is 23.8 Å². The van der Waals surface area contributed by atoms with Crippen LogP contribution in [0.1, 0.15) is 11.4 Å². The van der Waals surface area contributed by atoms with Crippen molar-refractivity contribution in [1.29, 1.82) is 0 Å². The van der Waals surface area contributed by atoms with Crippen LogP contribution in [0.5, 0.6) is 0 Å². The van der Waals surface area contributed by atoms with E-state index in [0.29, 0.717) is 0 Å². The minimum Gasteiger partial charge on any atom is -0.261 e. The first-order chi connectivity index (χ1) is 4.33. The summed E-state index contributed by atoms with van der Waals surface area (Å²) in [6.45, 7) is 1.93. The van der Waals surface area contributed by atoms with E-state index in [9.17, 15) is 0 Å². The molecule has 1 rings (SSSR count). The molecule has 0 radical (unpaired) electrons. The fraction of sp³-hybridized carbons (Fsp3) is 0.333. The first-order valence-corrected chi connectivity index (χ1v) is 3.78. The number of halogens is 1. The highest BCUT2D eigenvalue weighted by Gasteiger charge is 1.89. The summed E-state index contributed by atoms with van der Waals surface area (Å²) in [5.74, 6) is 0. The maximum atomic E-state index is 4.18. The third-order valence-electron chi connectivity index (χ3n) is 0.942. The topological polar surface area (TPSA) is 25.8 Å². The van der Waals surface area contributed by atoms with E-state index in [1.165, 1.54) is 0 Å². The Bertz CT molecular complexity index is 200. The van der Waals surface area contributed by atoms with Gasteiger partial charge < -0.3 is 0 Å². The average Bonchev–Trinajstić information content (AvgIpc) is 1.88. The second-order valence-electron chi connectivity index (χ2n) is 1.79. The molecule has 0 atom stereocenters. The van der Waals surface area contributed by atoms with Crippen molar-refractivity contribution in [3.8, 4) is 0 Å². The molecule has 0 spiro atoms. The maximum Gasteiger partial charge on any atom is 0.0695 e. The fourth-order valence-electron chi connectivity index (χ4n) is 0.580. The number of alkyl halides is 1. The SMILES string of the molecule is Cc1cncc(CBr)n1. The summed E-state index contributed by atoms with van der Waals surface area (Å²) < 4.78 is 0. The van der Waals surface area contributed by atoms with Crippen LogP contribution in [0.15, 0.2) is 12.4 Å². The van der Waals surface area contributed by atoms with Gasteiger partial charge in [0.15, 0.2) is 0 Å². The van der Waals surface area contributed by atoms with Gasteiger partial charge in [-0.1, -0.05) is 15.9 Å². The molecule has 0 aliphatic heterocycles. The number of aromatic nitrogens is 2. The highest BCUT2D eigenvalue weighted by atomic mass is 79.9. The summed E-state index contributed by atoms with van der Waals surface area (Å²) in [6, 6.07) is 0. The first kappa shape index (κ1) is 6.68. The molecule has 1 heterocycles. The van der Waals surface area contributed by atoms with E-state index in [2.05, 4.69) is 25.9 Å². The van der Waals surface area contributed by atoms with Crippen LogP contribution in [0.2, 0.25) is 0 Å². The minimum atomic E-state index is 0.779. The summed E-state index contributed by atoms with van der Waals surface area (Å²) in [5, 5.41) is 0.779. The molecule has 0 unspecified atom stereocenters. The van der Waals surface area contributed by atoms with Crippen LogP contribution in [0.4, 0.5) is 0 Å². The molecule has 0 saturated carbocycles. The lowest BCUT2D eigenvalue weighted by Crippen LogP contribution is -1.88. The molecule has 0 aliphatic rings. The number of aryl methyl sites for hydroxylation is 1. The molecule has 3 heteroatoms. The number of hydrogen-bond donors (Lipinski definition) is 0. The van der Waals surface area contributed by atoms with E-state index in [1.807, 2.05) is 6.92 Å². The van der Waals surface area contributed by atoms with E-state index in [4.69, 9.17) is 0 Å². The van der Waals surface area contributed by atoms with E-state index < -0.39 is 0 Å². The Hall–Kier alpha value is -0.440. The molecule has 0 N–H and O–H groups in total. The Kier molecular flexibility index (Phi) is 2.16. The van der Waals surface area contributed by atoms with Crippen molar-refractivity contribution in [2.75, 3.05) is 0 Å². The Balaban J connectivity index is 2.94. The molecule has 0 amide bonds. The summed E-state index contributed by atoms with van der Waals surface area (Å²) in [7, 11) is 0. The lowest BCUT2D eigenvalue weighted by Gasteiger charge is -1.92. The van der Waals surface area contributed by atoms with Gasteiger partial charge in [0.25, 0.3) is 0 Å². The van der Waals surface area contributed by atoms with E-state index in [1.54, 1.807) is 12.4 Å². The summed E-state index contributed by atoms with van der Waals surface area (Å²) >= 11 is 3.29. The highest BCUT2D eigenvalue weighted by Crippen LogP contribution is 1.99. The van der Waals surface area contributed by atoms with Gasteiger partial charge in [0.1, 0.15) is 0 Å². The molecule has 9 heavy (non-hydrogen) atoms. The Morgan fingerprint density at radius 3 is 2.78 bits per heavy atom. The Morgan fingerprint density at radius 1 is 1.56 bits per heavy atom. The number of hydrogen-bond acceptors (Lipinski definition) is 2. The number of rotatable bonds is 1. The van der Waals surface area contributed by atoms with Crippen molar-refractivity contribution in [2.24, 2.45) is 0 Å². The summed E-state index contributed by atoms with van der Waals surface area (Å²) in [5.41, 5.74) is 1.95. The van der Waals surface area contributed by atoms with Crippen LogP contribution in [0.25, 0.3) is 0 Å². The van der Waals surface area contributed by atoms with Crippen molar-refractivity contribution in [1.82, 2.24) is 9.97 Å². The molecular formula is C6H7BrN2. The largest absolute Gasteiger partial charge is 0.261 e. The molecule has 0 aliphatic carbocycles. The predicted molar refractivity (Wildman–Crippen MR) is 39.4 cm³/mol. The van der Waals surface area contributed by atoms with Crippen LogP contribution in [-0.4, -0.2) is 9.97 Å². The molecule has 1 aromatic heterocycles. The molecular weight excluding hydrogens is 180 g/mol. The monoisotopic (exact) mass is 186 g/mol. The molecule has 0 bridgehead atoms. The van der Waals surface area contributed by atoms with Crippen molar-refractivity contribution < 1.29 is 0 Å². The van der Waals surface area contributed by atoms with Gasteiger partial charge in [0, 0.05) is 17.7 Å². The predicted octanol–water partition coefficient (Wildman–Crippen LogP) is 1.68. The van der Waals surface area contributed by atoms with Gasteiger partial charge in [-0.25, -0.2) is 0 Å². The Morgan fingerprint density at radius 2 is 2.33 bits per heavy atom. The molecule has 0 fully saturated rings. The summed E-state index contributed by atoms with van der Waals surface area (Å²) in [4.78, 5) is 8.14. The van der Waals surface area contributed by atoms with Gasteiger partial charge in [0.2, 0.25) is 0 Å². The second-order valence-corrected chi connectivity index (χ2v) is 2.35. The van der Waals surface area contributed by atoms with Crippen LogP contribution < -0.4 is 0 Å². The van der Waals surface area contributed by atoms with E-state index in [-0.39, 0.29) is 0 Å².